The molecule has 2 fully saturated rings. The molecule has 0 radical (unpaired) electrons. The third kappa shape index (κ3) is 5.83. The number of nitrogens with zero attached hydrogens (tertiary/aromatic N) is 6. The van der Waals surface area contributed by atoms with Gasteiger partial charge in [-0.15, -0.1) is 0 Å². The number of ether oxygens (including phenoxy) is 2. The number of carbonyl (C=O) groups is 3. The van der Waals surface area contributed by atoms with E-state index < -0.39 is 23.9 Å². The van der Waals surface area contributed by atoms with Crippen LogP contribution in [0.25, 0.3) is 6.08 Å². The van der Waals surface area contributed by atoms with Crippen molar-refractivity contribution in [1.82, 2.24) is 10.0 Å². The number of fused-ring (bicyclic) bond motifs is 2. The summed E-state index contributed by atoms with van der Waals surface area (Å²) in [4.78, 5) is 42.1. The maximum absolute atomic E-state index is 14.2. The highest BCUT2D eigenvalue weighted by Crippen LogP contribution is 2.45. The van der Waals surface area contributed by atoms with Crippen molar-refractivity contribution < 1.29 is 23.9 Å². The van der Waals surface area contributed by atoms with Crippen molar-refractivity contribution in [3.63, 3.8) is 0 Å². The molecule has 3 heterocycles. The van der Waals surface area contributed by atoms with Gasteiger partial charge in [-0.05, 0) is 104 Å². The Morgan fingerprint density at radius 1 is 0.896 bits per heavy atom. The van der Waals surface area contributed by atoms with E-state index in [9.17, 15) is 14.4 Å². The number of allylic oxidation sites excluding steroid dienone is 1. The van der Waals surface area contributed by atoms with Gasteiger partial charge in [-0.2, -0.15) is 10.2 Å². The standard InChI is InChI=1S/C36H35ClN6O5/c1-3-47-27-16-8-22(9-17-27)20-24-6-5-7-29-31(24)39-43(33(29)23-10-18-28(19-11-23)48-4-2)30(44)21-41-34-32(38-40-41)35(45)42(36(34)46)26-14-12-25(37)13-15-26/h8-20,29,32-34H,3-7,21H2,1-2H3/b24-20+/t29-,32-,33-,34+/m0/s1. The number of rotatable bonds is 9. The highest BCUT2D eigenvalue weighted by Gasteiger charge is 2.55. The summed E-state index contributed by atoms with van der Waals surface area (Å²) < 4.78 is 11.3. The van der Waals surface area contributed by atoms with Gasteiger partial charge < -0.3 is 9.47 Å². The summed E-state index contributed by atoms with van der Waals surface area (Å²) in [6.45, 7) is 4.76. The second-order valence-electron chi connectivity index (χ2n) is 12.0. The molecule has 3 aromatic carbocycles. The maximum atomic E-state index is 14.2. The molecule has 0 aromatic heterocycles. The molecule has 4 aliphatic rings. The van der Waals surface area contributed by atoms with Crippen molar-refractivity contribution in [3.8, 4) is 11.5 Å². The minimum absolute atomic E-state index is 0.0300. The van der Waals surface area contributed by atoms with Gasteiger partial charge in [-0.3, -0.25) is 19.4 Å². The Balaban J connectivity index is 1.18. The summed E-state index contributed by atoms with van der Waals surface area (Å²) in [6.07, 6.45) is 4.78. The molecular formula is C36H35ClN6O5. The van der Waals surface area contributed by atoms with E-state index >= 15 is 0 Å². The smallest absolute Gasteiger partial charge is 0.264 e. The van der Waals surface area contributed by atoms with Crippen molar-refractivity contribution in [3.05, 3.63) is 94.5 Å². The molecule has 12 heteroatoms. The van der Waals surface area contributed by atoms with Crippen molar-refractivity contribution in [2.45, 2.75) is 51.2 Å². The average molecular weight is 667 g/mol. The highest BCUT2D eigenvalue weighted by atomic mass is 35.5. The first kappa shape index (κ1) is 31.6. The van der Waals surface area contributed by atoms with Crippen LogP contribution in [0.5, 0.6) is 11.5 Å². The van der Waals surface area contributed by atoms with Gasteiger partial charge in [0.15, 0.2) is 12.1 Å². The van der Waals surface area contributed by atoms with E-state index in [1.165, 1.54) is 10.0 Å². The number of anilines is 1. The lowest BCUT2D eigenvalue weighted by Gasteiger charge is -2.30. The number of benzene rings is 3. The summed E-state index contributed by atoms with van der Waals surface area (Å²) in [5.41, 5.74) is 4.31. The molecule has 1 aliphatic carbocycles. The summed E-state index contributed by atoms with van der Waals surface area (Å²) >= 11 is 6.02. The molecule has 1 saturated carbocycles. The summed E-state index contributed by atoms with van der Waals surface area (Å²) in [6, 6.07) is 19.7. The zero-order valence-electron chi connectivity index (χ0n) is 26.7. The van der Waals surface area contributed by atoms with Crippen LogP contribution < -0.4 is 14.4 Å². The van der Waals surface area contributed by atoms with Crippen LogP contribution in [0.3, 0.4) is 0 Å². The Bertz CT molecular complexity index is 1810. The van der Waals surface area contributed by atoms with Crippen molar-refractivity contribution in [1.29, 1.82) is 0 Å². The lowest BCUT2D eigenvalue weighted by Crippen LogP contribution is -2.45. The molecule has 1 saturated heterocycles. The fourth-order valence-electron chi connectivity index (χ4n) is 6.91. The number of amides is 3. The van der Waals surface area contributed by atoms with Crippen LogP contribution in [0.4, 0.5) is 5.69 Å². The van der Waals surface area contributed by atoms with Gasteiger partial charge in [-0.25, -0.2) is 9.91 Å². The number of imide groups is 1. The minimum Gasteiger partial charge on any atom is -0.494 e. The molecule has 3 aliphatic heterocycles. The van der Waals surface area contributed by atoms with Crippen LogP contribution in [-0.2, 0) is 14.4 Å². The second-order valence-corrected chi connectivity index (χ2v) is 12.5. The Hall–Kier alpha value is -5.03. The van der Waals surface area contributed by atoms with Crippen molar-refractivity contribution in [2.75, 3.05) is 24.7 Å². The Labute approximate surface area is 283 Å². The Morgan fingerprint density at radius 3 is 2.23 bits per heavy atom. The number of halogens is 1. The summed E-state index contributed by atoms with van der Waals surface area (Å²) in [7, 11) is 0. The first-order valence-corrected chi connectivity index (χ1v) is 16.6. The molecule has 3 amide bonds. The maximum Gasteiger partial charge on any atom is 0.264 e. The van der Waals surface area contributed by atoms with Crippen LogP contribution in [0.15, 0.2) is 93.8 Å². The lowest BCUT2D eigenvalue weighted by molar-refractivity contribution is -0.136. The number of hydrazone groups is 1. The fraction of sp³-hybridized carbons (Fsp3) is 0.333. The normalized spacial score (nSPS) is 23.9. The molecule has 0 bridgehead atoms. The van der Waals surface area contributed by atoms with E-state index in [-0.39, 0.29) is 24.4 Å². The van der Waals surface area contributed by atoms with Gasteiger partial charge in [0, 0.05) is 10.9 Å². The molecule has 246 valence electrons. The van der Waals surface area contributed by atoms with E-state index in [1.807, 2.05) is 62.4 Å². The molecule has 48 heavy (non-hydrogen) atoms. The number of hydrogen-bond donors (Lipinski definition) is 0. The van der Waals surface area contributed by atoms with Crippen LogP contribution in [0.1, 0.15) is 50.3 Å². The molecular weight excluding hydrogens is 632 g/mol. The van der Waals surface area contributed by atoms with E-state index in [2.05, 4.69) is 16.4 Å². The zero-order valence-corrected chi connectivity index (χ0v) is 27.4. The van der Waals surface area contributed by atoms with Crippen molar-refractivity contribution >= 4 is 46.8 Å². The Kier molecular flexibility index (Phi) is 8.70. The van der Waals surface area contributed by atoms with Gasteiger partial charge in [0.1, 0.15) is 18.0 Å². The first-order chi connectivity index (χ1) is 23.4. The number of carbonyl (C=O) groups excluding carboxylic acids is 3. The molecule has 0 N–H and O–H groups in total. The number of hydrogen-bond acceptors (Lipinski definition) is 9. The topological polar surface area (TPSA) is 116 Å². The van der Waals surface area contributed by atoms with E-state index in [1.54, 1.807) is 24.3 Å². The highest BCUT2D eigenvalue weighted by molar-refractivity contribution is 6.31. The average Bonchev–Trinajstić information content (AvgIpc) is 3.76. The minimum atomic E-state index is -1.03. The van der Waals surface area contributed by atoms with Gasteiger partial charge in [0.05, 0.1) is 30.7 Å². The van der Waals surface area contributed by atoms with Gasteiger partial charge >= 0.3 is 0 Å². The monoisotopic (exact) mass is 666 g/mol. The van der Waals surface area contributed by atoms with Crippen LogP contribution >= 0.6 is 11.6 Å². The largest absolute Gasteiger partial charge is 0.494 e. The fourth-order valence-corrected chi connectivity index (χ4v) is 7.03. The van der Waals surface area contributed by atoms with Gasteiger partial charge in [-0.1, -0.05) is 41.1 Å². The molecule has 11 nitrogen and oxygen atoms in total. The summed E-state index contributed by atoms with van der Waals surface area (Å²) in [5, 5.41) is 16.6. The summed E-state index contributed by atoms with van der Waals surface area (Å²) in [5.74, 6) is 0.200. The molecule has 0 unspecified atom stereocenters. The van der Waals surface area contributed by atoms with Crippen LogP contribution in [0.2, 0.25) is 5.02 Å². The SMILES string of the molecule is CCOc1ccc(/C=C2\CCC[C@H]3C2=NN(C(=O)CN2N=N[C@@H]4C(=O)N(c5ccc(Cl)cc5)C(=O)[C@@H]42)[C@H]3c2ccc(OCC)cc2)cc1. The van der Waals surface area contributed by atoms with Crippen LogP contribution in [-0.4, -0.2) is 65.3 Å². The predicted molar refractivity (Wildman–Crippen MR) is 181 cm³/mol. The van der Waals surface area contributed by atoms with E-state index in [0.29, 0.717) is 23.9 Å². The molecule has 3 aromatic rings. The Morgan fingerprint density at radius 2 is 1.56 bits per heavy atom. The predicted octanol–water partition coefficient (Wildman–Crippen LogP) is 6.25. The quantitative estimate of drug-likeness (QED) is 0.249. The van der Waals surface area contributed by atoms with Gasteiger partial charge in [0.25, 0.3) is 17.7 Å². The third-order valence-corrected chi connectivity index (χ3v) is 9.31. The lowest BCUT2D eigenvalue weighted by atomic mass is 9.77. The molecule has 4 atom stereocenters. The zero-order chi connectivity index (χ0) is 33.4. The van der Waals surface area contributed by atoms with Crippen LogP contribution in [0, 0.1) is 5.92 Å². The van der Waals surface area contributed by atoms with E-state index in [0.717, 1.165) is 58.1 Å². The second kappa shape index (κ2) is 13.2. The molecule has 0 spiro atoms. The third-order valence-electron chi connectivity index (χ3n) is 9.06. The molecule has 7 rings (SSSR count). The first-order valence-electron chi connectivity index (χ1n) is 16.2. The van der Waals surface area contributed by atoms with Gasteiger partial charge in [0.2, 0.25) is 0 Å². The van der Waals surface area contributed by atoms with Crippen molar-refractivity contribution in [2.24, 2.45) is 21.4 Å². The van der Waals surface area contributed by atoms with E-state index in [4.69, 9.17) is 26.2 Å².